The Balaban J connectivity index is 2.07. The third-order valence-corrected chi connectivity index (χ3v) is 3.84. The third kappa shape index (κ3) is 1.52. The van der Waals surface area contributed by atoms with E-state index in [1.807, 2.05) is 19.9 Å². The summed E-state index contributed by atoms with van der Waals surface area (Å²) >= 11 is 1.45. The summed E-state index contributed by atoms with van der Waals surface area (Å²) in [6.07, 6.45) is 2.93. The Morgan fingerprint density at radius 3 is 2.86 bits per heavy atom. The van der Waals surface area contributed by atoms with Crippen LogP contribution in [0.2, 0.25) is 0 Å². The van der Waals surface area contributed by atoms with Crippen LogP contribution in [0.4, 0.5) is 0 Å². The van der Waals surface area contributed by atoms with Gasteiger partial charge in [0.05, 0.1) is 18.0 Å². The fourth-order valence-electron chi connectivity index (χ4n) is 2.07. The molecule has 0 aromatic carbocycles. The van der Waals surface area contributed by atoms with Crippen molar-refractivity contribution in [3.05, 3.63) is 11.8 Å². The van der Waals surface area contributed by atoms with Crippen LogP contribution < -0.4 is 0 Å². The van der Waals surface area contributed by atoms with Crippen molar-refractivity contribution < 1.29 is 14.1 Å². The van der Waals surface area contributed by atoms with Crippen molar-refractivity contribution in [3.63, 3.8) is 0 Å². The second-order valence-corrected chi connectivity index (χ2v) is 5.26. The molecule has 2 atom stereocenters. The first-order valence-corrected chi connectivity index (χ1v) is 5.67. The number of aliphatic carboxylic acids is 1. The zero-order valence-electron chi connectivity index (χ0n) is 8.32. The quantitative estimate of drug-likeness (QED) is 0.716. The Bertz CT molecular complexity index is 288. The van der Waals surface area contributed by atoms with Gasteiger partial charge in [-0.3, -0.25) is 4.79 Å². The minimum Gasteiger partial charge on any atom is -0.481 e. The van der Waals surface area contributed by atoms with Crippen molar-refractivity contribution in [1.29, 1.82) is 0 Å². The van der Waals surface area contributed by atoms with Gasteiger partial charge in [-0.05, 0) is 11.5 Å². The van der Waals surface area contributed by atoms with E-state index < -0.39 is 5.97 Å². The van der Waals surface area contributed by atoms with Crippen molar-refractivity contribution in [1.82, 2.24) is 0 Å². The monoisotopic (exact) mass is 214 g/mol. The molecule has 2 aliphatic rings. The fraction of sp³-hybridized carbons (Fsp3) is 0.700. The fourth-order valence-corrected chi connectivity index (χ4v) is 2.73. The van der Waals surface area contributed by atoms with Crippen LogP contribution >= 0.6 is 12.0 Å². The van der Waals surface area contributed by atoms with E-state index >= 15 is 0 Å². The third-order valence-electron chi connectivity index (χ3n) is 3.14. The van der Waals surface area contributed by atoms with E-state index in [0.717, 1.165) is 17.9 Å². The molecule has 0 amide bonds. The highest BCUT2D eigenvalue weighted by atomic mass is 32.2. The van der Waals surface area contributed by atoms with Crippen LogP contribution in [0.1, 0.15) is 20.3 Å². The number of allylic oxidation sites excluding steroid dienone is 2. The van der Waals surface area contributed by atoms with Gasteiger partial charge in [0.2, 0.25) is 0 Å². The molecule has 0 radical (unpaired) electrons. The van der Waals surface area contributed by atoms with Crippen molar-refractivity contribution in [2.24, 2.45) is 17.3 Å². The van der Waals surface area contributed by atoms with Crippen molar-refractivity contribution >= 4 is 18.0 Å². The molecule has 0 spiro atoms. The first-order valence-electron chi connectivity index (χ1n) is 4.76. The molecular weight excluding hydrogens is 200 g/mol. The van der Waals surface area contributed by atoms with Gasteiger partial charge in [-0.25, -0.2) is 0 Å². The average molecular weight is 214 g/mol. The van der Waals surface area contributed by atoms with Crippen molar-refractivity contribution in [2.45, 2.75) is 20.3 Å². The molecule has 1 N–H and O–H groups in total. The largest absolute Gasteiger partial charge is 0.481 e. The standard InChI is InChI=1S/C10H14O3S/c1-10(2)7(8(10)9(11)12)5-6-3-4-14-13-6/h5,7-8H,3-4H2,1-2H3,(H,11,12)/t7?,8-/m0/s1. The SMILES string of the molecule is CC1(C)C(C=C2CCSO2)[C@H]1C(=O)O. The molecule has 1 unspecified atom stereocenters. The lowest BCUT2D eigenvalue weighted by molar-refractivity contribution is -0.139. The molecule has 78 valence electrons. The predicted molar refractivity (Wildman–Crippen MR) is 54.6 cm³/mol. The number of rotatable bonds is 2. The van der Waals surface area contributed by atoms with Crippen molar-refractivity contribution in [2.75, 3.05) is 5.75 Å². The maximum Gasteiger partial charge on any atom is 0.307 e. The maximum absolute atomic E-state index is 10.9. The summed E-state index contributed by atoms with van der Waals surface area (Å²) in [4.78, 5) is 10.9. The van der Waals surface area contributed by atoms with Gasteiger partial charge in [0, 0.05) is 18.1 Å². The average Bonchev–Trinajstić information content (AvgIpc) is 2.50. The molecule has 1 heterocycles. The lowest BCUT2D eigenvalue weighted by Gasteiger charge is -1.98. The maximum atomic E-state index is 10.9. The van der Waals surface area contributed by atoms with Crippen LogP contribution in [-0.2, 0) is 8.98 Å². The second kappa shape index (κ2) is 3.19. The molecule has 0 bridgehead atoms. The Morgan fingerprint density at radius 1 is 1.71 bits per heavy atom. The number of carboxylic acid groups (broad SMARTS) is 1. The van der Waals surface area contributed by atoms with E-state index in [4.69, 9.17) is 9.29 Å². The van der Waals surface area contributed by atoms with E-state index in [2.05, 4.69) is 0 Å². The van der Waals surface area contributed by atoms with Gasteiger partial charge >= 0.3 is 5.97 Å². The van der Waals surface area contributed by atoms with Crippen LogP contribution in [0, 0.1) is 17.3 Å². The smallest absolute Gasteiger partial charge is 0.307 e. The van der Waals surface area contributed by atoms with E-state index in [1.165, 1.54) is 12.0 Å². The van der Waals surface area contributed by atoms with E-state index in [0.29, 0.717) is 0 Å². The molecule has 2 fully saturated rings. The van der Waals surface area contributed by atoms with Crippen molar-refractivity contribution in [3.8, 4) is 0 Å². The minimum absolute atomic E-state index is 0.102. The number of hydrogen-bond donors (Lipinski definition) is 1. The molecule has 1 saturated carbocycles. The molecule has 4 heteroatoms. The van der Waals surface area contributed by atoms with E-state index in [1.54, 1.807) is 0 Å². The molecule has 14 heavy (non-hydrogen) atoms. The lowest BCUT2D eigenvalue weighted by atomic mass is 10.1. The predicted octanol–water partition coefficient (Wildman–Crippen LogP) is 2.30. The molecule has 0 aromatic rings. The molecule has 1 aliphatic carbocycles. The summed E-state index contributed by atoms with van der Waals surface area (Å²) in [6.45, 7) is 3.99. The van der Waals surface area contributed by atoms with Gasteiger partial charge < -0.3 is 9.29 Å². The summed E-state index contributed by atoms with van der Waals surface area (Å²) < 4.78 is 5.31. The highest BCUT2D eigenvalue weighted by Crippen LogP contribution is 2.59. The highest BCUT2D eigenvalue weighted by Gasteiger charge is 2.61. The van der Waals surface area contributed by atoms with Gasteiger partial charge in [0.1, 0.15) is 5.76 Å². The summed E-state index contributed by atoms with van der Waals surface area (Å²) in [5.74, 6) is 1.16. The van der Waals surface area contributed by atoms with Crippen LogP contribution in [0.15, 0.2) is 11.8 Å². The highest BCUT2D eigenvalue weighted by molar-refractivity contribution is 7.95. The van der Waals surface area contributed by atoms with Crippen LogP contribution in [0.5, 0.6) is 0 Å². The van der Waals surface area contributed by atoms with Crippen LogP contribution in [-0.4, -0.2) is 16.8 Å². The normalized spacial score (nSPS) is 36.9. The molecule has 3 nitrogen and oxygen atoms in total. The first kappa shape index (κ1) is 9.90. The van der Waals surface area contributed by atoms with Gasteiger partial charge in [-0.2, -0.15) is 0 Å². The minimum atomic E-state index is -0.692. The zero-order chi connectivity index (χ0) is 10.3. The van der Waals surface area contributed by atoms with Gasteiger partial charge in [-0.1, -0.05) is 13.8 Å². The van der Waals surface area contributed by atoms with Gasteiger partial charge in [0.25, 0.3) is 0 Å². The van der Waals surface area contributed by atoms with Crippen LogP contribution in [0.3, 0.4) is 0 Å². The Kier molecular flexibility index (Phi) is 2.26. The summed E-state index contributed by atoms with van der Waals surface area (Å²) in [6, 6.07) is 0. The Morgan fingerprint density at radius 2 is 2.43 bits per heavy atom. The molecular formula is C10H14O3S. The first-order chi connectivity index (χ1) is 6.53. The Hall–Kier alpha value is -0.640. The van der Waals surface area contributed by atoms with E-state index in [9.17, 15) is 4.79 Å². The molecule has 1 aliphatic heterocycles. The van der Waals surface area contributed by atoms with E-state index in [-0.39, 0.29) is 17.3 Å². The lowest BCUT2D eigenvalue weighted by Crippen LogP contribution is -2.03. The summed E-state index contributed by atoms with van der Waals surface area (Å²) in [5.41, 5.74) is -0.102. The number of carboxylic acids is 1. The Labute approximate surface area is 87.7 Å². The molecule has 1 saturated heterocycles. The summed E-state index contributed by atoms with van der Waals surface area (Å²) in [7, 11) is 0. The molecule has 0 aromatic heterocycles. The zero-order valence-corrected chi connectivity index (χ0v) is 9.13. The van der Waals surface area contributed by atoms with Crippen LogP contribution in [0.25, 0.3) is 0 Å². The van der Waals surface area contributed by atoms with Gasteiger partial charge in [0.15, 0.2) is 0 Å². The second-order valence-electron chi connectivity index (χ2n) is 4.45. The summed E-state index contributed by atoms with van der Waals surface area (Å²) in [5, 5.41) is 8.96. The van der Waals surface area contributed by atoms with Gasteiger partial charge in [-0.15, -0.1) is 0 Å². The number of hydrogen-bond acceptors (Lipinski definition) is 3. The molecule has 2 rings (SSSR count). The number of carbonyl (C=O) groups is 1. The topological polar surface area (TPSA) is 46.5 Å².